The van der Waals surface area contributed by atoms with E-state index in [1.165, 1.54) is 0 Å². The van der Waals surface area contributed by atoms with Crippen LogP contribution in [0, 0.1) is 17.8 Å². The van der Waals surface area contributed by atoms with Crippen LogP contribution >= 0.6 is 0 Å². The van der Waals surface area contributed by atoms with Crippen molar-refractivity contribution in [2.45, 2.75) is 46.1 Å². The molecule has 0 heterocycles. The molecule has 3 nitrogen and oxygen atoms in total. The van der Waals surface area contributed by atoms with Gasteiger partial charge in [0.05, 0.1) is 11.5 Å². The maximum absolute atomic E-state index is 11.9. The summed E-state index contributed by atoms with van der Waals surface area (Å²) in [5.41, 5.74) is 5.10. The van der Waals surface area contributed by atoms with Crippen molar-refractivity contribution in [1.82, 2.24) is 5.32 Å². The van der Waals surface area contributed by atoms with Crippen molar-refractivity contribution >= 4 is 5.91 Å². The largest absolute Gasteiger partial charge is 0.342 e. The van der Waals surface area contributed by atoms with Crippen molar-refractivity contribution in [2.24, 2.45) is 11.1 Å². The third kappa shape index (κ3) is 3.93. The average molecular weight is 210 g/mol. The van der Waals surface area contributed by atoms with Crippen LogP contribution in [0.3, 0.4) is 0 Å². The zero-order valence-corrected chi connectivity index (χ0v) is 9.97. The van der Waals surface area contributed by atoms with Gasteiger partial charge in [0.2, 0.25) is 5.91 Å². The van der Waals surface area contributed by atoms with Crippen LogP contribution in [0.1, 0.15) is 40.0 Å². The quantitative estimate of drug-likeness (QED) is 0.649. The molecule has 0 radical (unpaired) electrons. The summed E-state index contributed by atoms with van der Waals surface area (Å²) in [7, 11) is 0. The highest BCUT2D eigenvalue weighted by atomic mass is 16.2. The molecule has 0 aromatic rings. The van der Waals surface area contributed by atoms with Gasteiger partial charge >= 0.3 is 0 Å². The van der Waals surface area contributed by atoms with E-state index in [-0.39, 0.29) is 11.9 Å². The number of hydrogen-bond donors (Lipinski definition) is 2. The van der Waals surface area contributed by atoms with Gasteiger partial charge in [-0.25, -0.2) is 0 Å². The number of rotatable bonds is 6. The molecule has 0 aliphatic rings. The summed E-state index contributed by atoms with van der Waals surface area (Å²) in [6.45, 7) is 6.20. The molecule has 2 atom stereocenters. The van der Waals surface area contributed by atoms with E-state index >= 15 is 0 Å². The van der Waals surface area contributed by atoms with Crippen LogP contribution in [-0.4, -0.2) is 18.5 Å². The normalized spacial score (nSPS) is 16.2. The molecule has 0 aliphatic heterocycles. The van der Waals surface area contributed by atoms with Gasteiger partial charge in [-0.15, -0.1) is 6.42 Å². The Morgan fingerprint density at radius 3 is 2.53 bits per heavy atom. The Labute approximate surface area is 92.8 Å². The molecule has 0 aliphatic carbocycles. The highest BCUT2D eigenvalue weighted by Gasteiger charge is 2.30. The predicted molar refractivity (Wildman–Crippen MR) is 63.1 cm³/mol. The second-order valence-electron chi connectivity index (χ2n) is 4.10. The first kappa shape index (κ1) is 14.0. The molecule has 0 saturated heterocycles. The zero-order chi connectivity index (χ0) is 11.9. The van der Waals surface area contributed by atoms with Crippen molar-refractivity contribution in [3.8, 4) is 12.3 Å². The van der Waals surface area contributed by atoms with Gasteiger partial charge in [-0.3, -0.25) is 4.79 Å². The van der Waals surface area contributed by atoms with Gasteiger partial charge in [0.1, 0.15) is 0 Å². The molecule has 0 fully saturated rings. The van der Waals surface area contributed by atoms with Gasteiger partial charge in [0, 0.05) is 6.54 Å². The van der Waals surface area contributed by atoms with Gasteiger partial charge in [-0.1, -0.05) is 26.2 Å². The third-order valence-corrected chi connectivity index (χ3v) is 2.86. The molecule has 0 aromatic carbocycles. The number of terminal acetylenes is 1. The van der Waals surface area contributed by atoms with E-state index in [0.717, 1.165) is 19.3 Å². The van der Waals surface area contributed by atoms with E-state index in [9.17, 15) is 4.79 Å². The minimum atomic E-state index is -0.497. The van der Waals surface area contributed by atoms with E-state index in [2.05, 4.69) is 11.2 Å². The van der Waals surface area contributed by atoms with E-state index in [1.54, 1.807) is 0 Å². The summed E-state index contributed by atoms with van der Waals surface area (Å²) in [5.74, 6) is 2.54. The maximum atomic E-state index is 11.9. The molecule has 3 heteroatoms. The Bertz CT molecular complexity index is 238. The van der Waals surface area contributed by atoms with Gasteiger partial charge in [0.15, 0.2) is 0 Å². The first-order chi connectivity index (χ1) is 7.03. The van der Waals surface area contributed by atoms with Crippen molar-refractivity contribution in [3.63, 3.8) is 0 Å². The van der Waals surface area contributed by atoms with Gasteiger partial charge < -0.3 is 11.1 Å². The molecule has 3 N–H and O–H groups in total. The van der Waals surface area contributed by atoms with Crippen LogP contribution in [0.5, 0.6) is 0 Å². The van der Waals surface area contributed by atoms with Crippen LogP contribution < -0.4 is 11.1 Å². The van der Waals surface area contributed by atoms with Crippen molar-refractivity contribution in [1.29, 1.82) is 0 Å². The van der Waals surface area contributed by atoms with Gasteiger partial charge in [-0.2, -0.15) is 0 Å². The molecular weight excluding hydrogens is 188 g/mol. The van der Waals surface area contributed by atoms with E-state index in [0.29, 0.717) is 6.54 Å². The lowest BCUT2D eigenvalue weighted by molar-refractivity contribution is -0.130. The smallest absolute Gasteiger partial charge is 0.228 e. The van der Waals surface area contributed by atoms with Gasteiger partial charge in [0.25, 0.3) is 0 Å². The molecule has 2 unspecified atom stereocenters. The van der Waals surface area contributed by atoms with E-state index < -0.39 is 5.41 Å². The third-order valence-electron chi connectivity index (χ3n) is 2.86. The monoisotopic (exact) mass is 210 g/mol. The molecule has 0 aromatic heterocycles. The highest BCUT2D eigenvalue weighted by Crippen LogP contribution is 2.19. The van der Waals surface area contributed by atoms with Crippen molar-refractivity contribution in [2.75, 3.05) is 6.54 Å². The fraction of sp³-hybridized carbons (Fsp3) is 0.750. The van der Waals surface area contributed by atoms with Crippen LogP contribution in [0.25, 0.3) is 0 Å². The lowest BCUT2D eigenvalue weighted by atomic mass is 9.86. The Hall–Kier alpha value is -1.01. The van der Waals surface area contributed by atoms with E-state index in [4.69, 9.17) is 12.2 Å². The molecule has 0 bridgehead atoms. The molecule has 86 valence electrons. The van der Waals surface area contributed by atoms with Crippen molar-refractivity contribution in [3.05, 3.63) is 0 Å². The lowest BCUT2D eigenvalue weighted by Crippen LogP contribution is -2.47. The Morgan fingerprint density at radius 2 is 2.20 bits per heavy atom. The van der Waals surface area contributed by atoms with Crippen LogP contribution in [-0.2, 0) is 4.79 Å². The molecule has 0 rings (SSSR count). The second kappa shape index (κ2) is 6.47. The highest BCUT2D eigenvalue weighted by molar-refractivity contribution is 5.83. The number of hydrogen-bond acceptors (Lipinski definition) is 2. The molecular formula is C12H22N2O. The predicted octanol–water partition coefficient (Wildman–Crippen LogP) is 1.28. The summed E-state index contributed by atoms with van der Waals surface area (Å²) in [6, 6.07) is -0.167. The van der Waals surface area contributed by atoms with Crippen LogP contribution in [0.15, 0.2) is 0 Å². The standard InChI is InChI=1S/C12H22N2O/c1-5-8-10(6-2)14-11(15)12(4,7-3)9-13/h2,10H,5,7-9,13H2,1,3-4H3,(H,14,15). The summed E-state index contributed by atoms with van der Waals surface area (Å²) in [6.07, 6.45) is 7.83. The summed E-state index contributed by atoms with van der Waals surface area (Å²) in [4.78, 5) is 11.9. The van der Waals surface area contributed by atoms with E-state index in [1.807, 2.05) is 20.8 Å². The number of nitrogens with one attached hydrogen (secondary N) is 1. The first-order valence-electron chi connectivity index (χ1n) is 5.51. The summed E-state index contributed by atoms with van der Waals surface area (Å²) >= 11 is 0. The first-order valence-corrected chi connectivity index (χ1v) is 5.51. The number of amides is 1. The minimum absolute atomic E-state index is 0.0381. The summed E-state index contributed by atoms with van der Waals surface area (Å²) in [5, 5.41) is 2.86. The fourth-order valence-corrected chi connectivity index (χ4v) is 1.22. The molecule has 0 spiro atoms. The topological polar surface area (TPSA) is 55.1 Å². The summed E-state index contributed by atoms with van der Waals surface area (Å²) < 4.78 is 0. The van der Waals surface area contributed by atoms with Crippen LogP contribution in [0.2, 0.25) is 0 Å². The molecule has 0 saturated carbocycles. The average Bonchev–Trinajstić information content (AvgIpc) is 2.27. The minimum Gasteiger partial charge on any atom is -0.342 e. The van der Waals surface area contributed by atoms with Crippen LogP contribution in [0.4, 0.5) is 0 Å². The fourth-order valence-electron chi connectivity index (χ4n) is 1.22. The molecule has 15 heavy (non-hydrogen) atoms. The van der Waals surface area contributed by atoms with Gasteiger partial charge in [-0.05, 0) is 19.8 Å². The Kier molecular flexibility index (Phi) is 6.03. The lowest BCUT2D eigenvalue weighted by Gasteiger charge is -2.26. The zero-order valence-electron chi connectivity index (χ0n) is 9.97. The molecule has 1 amide bonds. The number of nitrogens with two attached hydrogens (primary N) is 1. The second-order valence-corrected chi connectivity index (χ2v) is 4.10. The Morgan fingerprint density at radius 1 is 1.60 bits per heavy atom. The maximum Gasteiger partial charge on any atom is 0.228 e. The number of carbonyl (C=O) groups is 1. The Balaban J connectivity index is 4.40. The SMILES string of the molecule is C#CC(CCC)NC(=O)C(C)(CC)CN. The van der Waals surface area contributed by atoms with Crippen molar-refractivity contribution < 1.29 is 4.79 Å². The number of carbonyl (C=O) groups excluding carboxylic acids is 1.